The van der Waals surface area contributed by atoms with Crippen LogP contribution in [0.3, 0.4) is 0 Å². The SMILES string of the molecule is CC1CC=Cc2sc3c(C4=NCC(C)(c5cc6ccccc6cc5-c5cnc(-c6cccc7c6sc6ccccc67)nc5)C=N4)cccc3c21. The van der Waals surface area contributed by atoms with Gasteiger partial charge in [0, 0.05) is 70.5 Å². The van der Waals surface area contributed by atoms with Crippen LogP contribution in [0.2, 0.25) is 0 Å². The Kier molecular flexibility index (Phi) is 6.73. The molecule has 0 spiro atoms. The Bertz CT molecular complexity index is 2750. The van der Waals surface area contributed by atoms with Crippen molar-refractivity contribution in [3.63, 3.8) is 0 Å². The van der Waals surface area contributed by atoms with Crippen LogP contribution in [0, 0.1) is 0 Å². The van der Waals surface area contributed by atoms with Crippen LogP contribution in [0.15, 0.2) is 126 Å². The molecule has 4 nitrogen and oxygen atoms in total. The highest BCUT2D eigenvalue weighted by molar-refractivity contribution is 7.26. The molecule has 6 heteroatoms. The first-order chi connectivity index (χ1) is 24.5. The number of thiophene rings is 2. The molecule has 0 saturated heterocycles. The van der Waals surface area contributed by atoms with Crippen LogP contribution in [0.25, 0.3) is 69.6 Å². The number of fused-ring (bicyclic) bond motifs is 7. The normalized spacial score (nSPS) is 18.7. The van der Waals surface area contributed by atoms with Crippen molar-refractivity contribution < 1.29 is 0 Å². The van der Waals surface area contributed by atoms with Gasteiger partial charge in [0.2, 0.25) is 0 Å². The Morgan fingerprint density at radius 2 is 1.44 bits per heavy atom. The summed E-state index contributed by atoms with van der Waals surface area (Å²) in [6, 6.07) is 34.8. The van der Waals surface area contributed by atoms with Gasteiger partial charge in [0.1, 0.15) is 0 Å². The zero-order valence-corrected chi connectivity index (χ0v) is 29.4. The Balaban J connectivity index is 1.04. The lowest BCUT2D eigenvalue weighted by molar-refractivity contribution is 0.660. The molecule has 8 aromatic rings. The third-order valence-electron chi connectivity index (χ3n) is 10.4. The number of rotatable bonds is 4. The summed E-state index contributed by atoms with van der Waals surface area (Å²) in [7, 11) is 0. The summed E-state index contributed by atoms with van der Waals surface area (Å²) in [5, 5.41) is 6.24. The van der Waals surface area contributed by atoms with E-state index in [9.17, 15) is 0 Å². The molecule has 2 atom stereocenters. The van der Waals surface area contributed by atoms with E-state index >= 15 is 0 Å². The fourth-order valence-corrected chi connectivity index (χ4v) is 10.4. The van der Waals surface area contributed by atoms with Crippen molar-refractivity contribution in [2.75, 3.05) is 6.54 Å². The lowest BCUT2D eigenvalue weighted by atomic mass is 9.78. The molecule has 0 saturated carbocycles. The van der Waals surface area contributed by atoms with Crippen LogP contribution >= 0.6 is 22.7 Å². The molecule has 1 aliphatic heterocycles. The number of aliphatic imine (C=N–C) groups is 2. The molecule has 10 rings (SSSR count). The third kappa shape index (κ3) is 4.63. The monoisotopic (exact) mass is 680 g/mol. The van der Waals surface area contributed by atoms with E-state index in [4.69, 9.17) is 20.0 Å². The van der Waals surface area contributed by atoms with Crippen LogP contribution < -0.4 is 0 Å². The van der Waals surface area contributed by atoms with Crippen molar-refractivity contribution in [2.24, 2.45) is 9.98 Å². The maximum Gasteiger partial charge on any atom is 0.160 e. The molecular formula is C44H32N4S2. The van der Waals surface area contributed by atoms with Crippen molar-refractivity contribution in [1.82, 2.24) is 9.97 Å². The molecule has 0 bridgehead atoms. The van der Waals surface area contributed by atoms with E-state index in [1.54, 1.807) is 11.3 Å². The van der Waals surface area contributed by atoms with E-state index in [2.05, 4.69) is 129 Å². The lowest BCUT2D eigenvalue weighted by Crippen LogP contribution is -2.32. The number of nitrogens with zero attached hydrogens (tertiary/aromatic N) is 4. The van der Waals surface area contributed by atoms with Crippen molar-refractivity contribution in [3.8, 4) is 22.5 Å². The van der Waals surface area contributed by atoms with E-state index in [0.29, 0.717) is 12.5 Å². The standard InChI is InChI=1S/C44H32N4S2/c1-26-10-7-19-38-39(26)32-15-9-17-34(41(32)50-38)43-47-24-44(2,25-48-43)36-21-28-12-4-3-11-27(28)20-35(36)29-22-45-42(46-23-29)33-16-8-14-31-30-13-5-6-18-37(30)49-40(31)33/h3-9,11-24,26H,10,25H2,1-2H3. The fraction of sp³-hybridized carbons (Fsp3) is 0.136. The van der Waals surface area contributed by atoms with E-state index < -0.39 is 5.41 Å². The maximum absolute atomic E-state index is 5.20. The highest BCUT2D eigenvalue weighted by atomic mass is 32.1. The van der Waals surface area contributed by atoms with Gasteiger partial charge < -0.3 is 0 Å². The first-order valence-electron chi connectivity index (χ1n) is 17.1. The predicted molar refractivity (Wildman–Crippen MR) is 214 cm³/mol. The Morgan fingerprint density at radius 3 is 2.26 bits per heavy atom. The molecule has 0 N–H and O–H groups in total. The zero-order valence-electron chi connectivity index (χ0n) is 27.7. The summed E-state index contributed by atoms with van der Waals surface area (Å²) in [4.78, 5) is 21.6. The minimum Gasteiger partial charge on any atom is -0.265 e. The summed E-state index contributed by atoms with van der Waals surface area (Å²) >= 11 is 3.67. The number of benzene rings is 5. The molecular weight excluding hydrogens is 649 g/mol. The smallest absolute Gasteiger partial charge is 0.160 e. The summed E-state index contributed by atoms with van der Waals surface area (Å²) in [5.74, 6) is 2.07. The van der Waals surface area contributed by atoms with E-state index in [1.807, 2.05) is 23.7 Å². The van der Waals surface area contributed by atoms with Gasteiger partial charge in [-0.1, -0.05) is 79.7 Å². The molecule has 0 fully saturated rings. The van der Waals surface area contributed by atoms with Crippen LogP contribution in [0.4, 0.5) is 0 Å². The Morgan fingerprint density at radius 1 is 0.720 bits per heavy atom. The minimum atomic E-state index is -0.413. The van der Waals surface area contributed by atoms with Gasteiger partial charge in [0.15, 0.2) is 11.7 Å². The highest BCUT2D eigenvalue weighted by Gasteiger charge is 2.32. The van der Waals surface area contributed by atoms with Crippen LogP contribution in [0.5, 0.6) is 0 Å². The van der Waals surface area contributed by atoms with Gasteiger partial charge in [-0.25, -0.2) is 15.0 Å². The molecule has 3 aromatic heterocycles. The van der Waals surface area contributed by atoms with Crippen LogP contribution in [0.1, 0.15) is 47.8 Å². The van der Waals surface area contributed by atoms with Gasteiger partial charge >= 0.3 is 0 Å². The fourth-order valence-electron chi connectivity index (χ4n) is 7.78. The van der Waals surface area contributed by atoms with Crippen LogP contribution in [-0.4, -0.2) is 28.6 Å². The van der Waals surface area contributed by atoms with Gasteiger partial charge in [-0.05, 0) is 88.5 Å². The van der Waals surface area contributed by atoms with Gasteiger partial charge in [0.25, 0.3) is 0 Å². The van der Waals surface area contributed by atoms with Crippen LogP contribution in [-0.2, 0) is 5.41 Å². The average molecular weight is 681 g/mol. The lowest BCUT2D eigenvalue weighted by Gasteiger charge is -2.30. The summed E-state index contributed by atoms with van der Waals surface area (Å²) in [5.41, 5.74) is 6.51. The summed E-state index contributed by atoms with van der Waals surface area (Å²) in [6.07, 6.45) is 11.8. The Labute approximate surface area is 298 Å². The van der Waals surface area contributed by atoms with Crippen molar-refractivity contribution >= 4 is 81.8 Å². The highest BCUT2D eigenvalue weighted by Crippen LogP contribution is 2.44. The average Bonchev–Trinajstić information content (AvgIpc) is 3.74. The van der Waals surface area contributed by atoms with E-state index in [1.165, 1.54) is 57.0 Å². The second-order valence-electron chi connectivity index (χ2n) is 13.7. The molecule has 240 valence electrons. The summed E-state index contributed by atoms with van der Waals surface area (Å²) < 4.78 is 3.78. The predicted octanol–water partition coefficient (Wildman–Crippen LogP) is 11.9. The number of allylic oxidation sites excluding steroid dienone is 1. The number of amidine groups is 1. The van der Waals surface area contributed by atoms with Gasteiger partial charge in [-0.15, -0.1) is 22.7 Å². The molecule has 0 amide bonds. The largest absolute Gasteiger partial charge is 0.265 e. The van der Waals surface area contributed by atoms with Gasteiger partial charge in [0.05, 0.1) is 6.54 Å². The number of aromatic nitrogens is 2. The second-order valence-corrected chi connectivity index (χ2v) is 15.8. The van der Waals surface area contributed by atoms with Crippen molar-refractivity contribution in [1.29, 1.82) is 0 Å². The molecule has 0 radical (unpaired) electrons. The Hall–Kier alpha value is -5.30. The molecule has 5 aromatic carbocycles. The quantitative estimate of drug-likeness (QED) is 0.186. The first-order valence-corrected chi connectivity index (χ1v) is 18.8. The van der Waals surface area contributed by atoms with Gasteiger partial charge in [-0.2, -0.15) is 0 Å². The van der Waals surface area contributed by atoms with Crippen molar-refractivity contribution in [3.05, 3.63) is 137 Å². The minimum absolute atomic E-state index is 0.413. The first kappa shape index (κ1) is 29.6. The second kappa shape index (κ2) is 11.4. The summed E-state index contributed by atoms with van der Waals surface area (Å²) in [6.45, 7) is 5.18. The van der Waals surface area contributed by atoms with Crippen molar-refractivity contribution in [2.45, 2.75) is 31.6 Å². The number of hydrogen-bond acceptors (Lipinski definition) is 6. The molecule has 2 unspecified atom stereocenters. The van der Waals surface area contributed by atoms with E-state index in [0.717, 1.165) is 40.3 Å². The number of hydrogen-bond donors (Lipinski definition) is 0. The maximum atomic E-state index is 5.20. The molecule has 50 heavy (non-hydrogen) atoms. The zero-order chi connectivity index (χ0) is 33.4. The van der Waals surface area contributed by atoms with Gasteiger partial charge in [-0.3, -0.25) is 4.99 Å². The molecule has 2 aliphatic rings. The topological polar surface area (TPSA) is 50.5 Å². The third-order valence-corrected chi connectivity index (χ3v) is 12.9. The van der Waals surface area contributed by atoms with E-state index in [-0.39, 0.29) is 0 Å². The molecule has 4 heterocycles. The molecule has 1 aliphatic carbocycles.